The molecule has 6 heteroatoms. The van der Waals surface area contributed by atoms with Gasteiger partial charge >= 0.3 is 0 Å². The Hall–Kier alpha value is -2.18. The number of benzene rings is 2. The van der Waals surface area contributed by atoms with Crippen LogP contribution in [0.4, 0.5) is 0 Å². The smallest absolute Gasteiger partial charge is 0.274 e. The highest BCUT2D eigenvalue weighted by Crippen LogP contribution is 2.30. The number of rotatable bonds is 1. The van der Waals surface area contributed by atoms with Gasteiger partial charge in [0.2, 0.25) is 0 Å². The maximum absolute atomic E-state index is 12.8. The Morgan fingerprint density at radius 2 is 2.08 bits per heavy atom. The van der Waals surface area contributed by atoms with Gasteiger partial charge in [-0.1, -0.05) is 23.5 Å². The second kappa shape index (κ2) is 5.43. The zero-order valence-electron chi connectivity index (χ0n) is 13.0. The SMILES string of the molecule is Cc1cc2c(nc3s/c(=C/c4cccc(O)c4)c(=O)n32)c(Br)c1C. The van der Waals surface area contributed by atoms with E-state index in [4.69, 9.17) is 0 Å². The van der Waals surface area contributed by atoms with E-state index in [1.165, 1.54) is 11.3 Å². The third kappa shape index (κ3) is 2.25. The molecule has 120 valence electrons. The minimum absolute atomic E-state index is 0.0870. The maximum Gasteiger partial charge on any atom is 0.274 e. The van der Waals surface area contributed by atoms with Gasteiger partial charge < -0.3 is 5.11 Å². The molecule has 0 aliphatic rings. The molecule has 0 aliphatic carbocycles. The number of hydrogen-bond donors (Lipinski definition) is 1. The van der Waals surface area contributed by atoms with E-state index in [1.54, 1.807) is 28.7 Å². The molecule has 0 saturated heterocycles. The molecule has 0 atom stereocenters. The summed E-state index contributed by atoms with van der Waals surface area (Å²) in [4.78, 5) is 18.1. The van der Waals surface area contributed by atoms with Crippen LogP contribution >= 0.6 is 27.3 Å². The minimum atomic E-state index is -0.0870. The van der Waals surface area contributed by atoms with Crippen LogP contribution in [0.2, 0.25) is 0 Å². The molecule has 0 unspecified atom stereocenters. The van der Waals surface area contributed by atoms with Crippen LogP contribution in [-0.2, 0) is 0 Å². The highest BCUT2D eigenvalue weighted by Gasteiger charge is 2.15. The molecule has 0 bridgehead atoms. The number of aromatic hydroxyl groups is 1. The molecule has 0 saturated carbocycles. The molecule has 1 N–H and O–H groups in total. The number of halogens is 1. The van der Waals surface area contributed by atoms with E-state index in [0.29, 0.717) is 9.49 Å². The molecule has 24 heavy (non-hydrogen) atoms. The Labute approximate surface area is 149 Å². The van der Waals surface area contributed by atoms with Crippen molar-refractivity contribution < 1.29 is 5.11 Å². The fourth-order valence-corrected chi connectivity index (χ4v) is 4.33. The van der Waals surface area contributed by atoms with E-state index in [0.717, 1.165) is 32.2 Å². The highest BCUT2D eigenvalue weighted by atomic mass is 79.9. The first-order valence-corrected chi connectivity index (χ1v) is 8.98. The van der Waals surface area contributed by atoms with Crippen molar-refractivity contribution in [3.05, 3.63) is 66.4 Å². The van der Waals surface area contributed by atoms with Crippen molar-refractivity contribution in [1.82, 2.24) is 9.38 Å². The maximum atomic E-state index is 12.8. The molecule has 2 heterocycles. The van der Waals surface area contributed by atoms with Gasteiger partial charge in [0, 0.05) is 4.47 Å². The van der Waals surface area contributed by atoms with E-state index in [2.05, 4.69) is 20.9 Å². The lowest BCUT2D eigenvalue weighted by molar-refractivity contribution is 0.475. The number of imidazole rings is 1. The summed E-state index contributed by atoms with van der Waals surface area (Å²) in [5, 5.41) is 9.57. The van der Waals surface area contributed by atoms with Crippen LogP contribution in [0.1, 0.15) is 16.7 Å². The average molecular weight is 401 g/mol. The van der Waals surface area contributed by atoms with Gasteiger partial charge in [-0.2, -0.15) is 0 Å². The summed E-state index contributed by atoms with van der Waals surface area (Å²) in [6, 6.07) is 8.84. The second-order valence-corrected chi connectivity index (χ2v) is 7.54. The van der Waals surface area contributed by atoms with Gasteiger partial charge in [-0.25, -0.2) is 9.38 Å². The lowest BCUT2D eigenvalue weighted by Gasteiger charge is -2.03. The van der Waals surface area contributed by atoms with E-state index < -0.39 is 0 Å². The van der Waals surface area contributed by atoms with Gasteiger partial charge in [0.15, 0.2) is 4.96 Å². The van der Waals surface area contributed by atoms with Crippen LogP contribution in [0.5, 0.6) is 5.75 Å². The summed E-state index contributed by atoms with van der Waals surface area (Å²) in [6.07, 6.45) is 1.78. The molecule has 4 nitrogen and oxygen atoms in total. The van der Waals surface area contributed by atoms with Crippen molar-refractivity contribution in [2.45, 2.75) is 13.8 Å². The Balaban J connectivity index is 2.05. The van der Waals surface area contributed by atoms with Gasteiger partial charge in [-0.15, -0.1) is 0 Å². The molecule has 2 aromatic heterocycles. The molecular formula is C18H13BrN2O2S. The summed E-state index contributed by atoms with van der Waals surface area (Å²) >= 11 is 4.94. The van der Waals surface area contributed by atoms with E-state index in [1.807, 2.05) is 26.0 Å². The molecule has 0 radical (unpaired) electrons. The van der Waals surface area contributed by atoms with E-state index in [9.17, 15) is 9.90 Å². The molecule has 0 spiro atoms. The van der Waals surface area contributed by atoms with Crippen molar-refractivity contribution in [1.29, 1.82) is 0 Å². The standard InChI is InChI=1S/C18H13BrN2O2S/c1-9-6-13-16(15(19)10(9)2)20-18-21(13)17(23)14(24-18)8-11-4-3-5-12(22)7-11/h3-8,22H,1-2H3/b14-8+. The number of aromatic nitrogens is 2. The largest absolute Gasteiger partial charge is 0.508 e. The van der Waals surface area contributed by atoms with Gasteiger partial charge in [0.05, 0.1) is 10.0 Å². The Morgan fingerprint density at radius 1 is 1.29 bits per heavy atom. The highest BCUT2D eigenvalue weighted by molar-refractivity contribution is 9.10. The monoisotopic (exact) mass is 400 g/mol. The van der Waals surface area contributed by atoms with Gasteiger partial charge in [0.1, 0.15) is 11.3 Å². The third-order valence-electron chi connectivity index (χ3n) is 4.15. The summed E-state index contributed by atoms with van der Waals surface area (Å²) < 4.78 is 3.19. The first kappa shape index (κ1) is 15.4. The molecule has 4 rings (SSSR count). The van der Waals surface area contributed by atoms with Crippen LogP contribution in [0.25, 0.3) is 22.1 Å². The number of phenolic OH excluding ortho intramolecular Hbond substituents is 1. The molecule has 2 aromatic carbocycles. The topological polar surface area (TPSA) is 54.6 Å². The van der Waals surface area contributed by atoms with Crippen molar-refractivity contribution in [3.63, 3.8) is 0 Å². The quantitative estimate of drug-likeness (QED) is 0.531. The number of thiazole rings is 1. The normalized spacial score (nSPS) is 12.5. The summed E-state index contributed by atoms with van der Waals surface area (Å²) in [5.74, 6) is 0.179. The van der Waals surface area contributed by atoms with Crippen molar-refractivity contribution in [2.24, 2.45) is 0 Å². The van der Waals surface area contributed by atoms with Gasteiger partial charge in [-0.3, -0.25) is 4.79 Å². The van der Waals surface area contributed by atoms with Crippen LogP contribution in [0.3, 0.4) is 0 Å². The van der Waals surface area contributed by atoms with Crippen LogP contribution in [0, 0.1) is 13.8 Å². The Morgan fingerprint density at radius 3 is 2.83 bits per heavy atom. The van der Waals surface area contributed by atoms with E-state index >= 15 is 0 Å². The van der Waals surface area contributed by atoms with Crippen LogP contribution in [-0.4, -0.2) is 14.5 Å². The first-order chi connectivity index (χ1) is 11.5. The van der Waals surface area contributed by atoms with E-state index in [-0.39, 0.29) is 11.3 Å². The number of phenols is 1. The molecular weight excluding hydrogens is 388 g/mol. The average Bonchev–Trinajstić information content (AvgIpc) is 3.03. The minimum Gasteiger partial charge on any atom is -0.508 e. The predicted molar refractivity (Wildman–Crippen MR) is 101 cm³/mol. The summed E-state index contributed by atoms with van der Waals surface area (Å²) in [6.45, 7) is 4.06. The number of aryl methyl sites for hydroxylation is 1. The fourth-order valence-electron chi connectivity index (χ4n) is 2.74. The van der Waals surface area contributed by atoms with Gasteiger partial charge in [0.25, 0.3) is 5.56 Å². The molecule has 0 amide bonds. The number of nitrogens with zero attached hydrogens (tertiary/aromatic N) is 2. The lowest BCUT2D eigenvalue weighted by Crippen LogP contribution is -2.22. The number of fused-ring (bicyclic) bond motifs is 3. The third-order valence-corrected chi connectivity index (χ3v) is 6.09. The Bertz CT molecular complexity index is 1220. The Kier molecular flexibility index (Phi) is 3.47. The summed E-state index contributed by atoms with van der Waals surface area (Å²) in [7, 11) is 0. The molecule has 4 aromatic rings. The zero-order chi connectivity index (χ0) is 17.0. The van der Waals surface area contributed by atoms with Crippen molar-refractivity contribution in [2.75, 3.05) is 0 Å². The second-order valence-electron chi connectivity index (χ2n) is 5.74. The van der Waals surface area contributed by atoms with Crippen molar-refractivity contribution >= 4 is 49.3 Å². The number of hydrogen-bond acceptors (Lipinski definition) is 4. The zero-order valence-corrected chi connectivity index (χ0v) is 15.4. The summed E-state index contributed by atoms with van der Waals surface area (Å²) in [5.41, 5.74) is 4.57. The fraction of sp³-hybridized carbons (Fsp3) is 0.111. The molecule has 0 aliphatic heterocycles. The first-order valence-electron chi connectivity index (χ1n) is 7.37. The van der Waals surface area contributed by atoms with Crippen LogP contribution < -0.4 is 10.1 Å². The predicted octanol–water partition coefficient (Wildman–Crippen LogP) is 3.54. The lowest BCUT2D eigenvalue weighted by atomic mass is 10.1. The molecule has 0 fully saturated rings. The van der Waals surface area contributed by atoms with Crippen molar-refractivity contribution in [3.8, 4) is 5.75 Å². The van der Waals surface area contributed by atoms with Crippen LogP contribution in [0.15, 0.2) is 39.6 Å². The van der Waals surface area contributed by atoms with Gasteiger partial charge in [-0.05, 0) is 70.7 Å².